The van der Waals surface area contributed by atoms with Gasteiger partial charge in [-0.3, -0.25) is 4.98 Å². The quantitative estimate of drug-likeness (QED) is 0.252. The van der Waals surface area contributed by atoms with Gasteiger partial charge in [0.25, 0.3) is 10.0 Å². The van der Waals surface area contributed by atoms with Crippen LogP contribution in [0.15, 0.2) is 72.1 Å². The van der Waals surface area contributed by atoms with Crippen LogP contribution in [0.25, 0.3) is 11.0 Å². The fraction of sp³-hybridized carbons (Fsp3) is 0.125. The molecule has 0 unspecified atom stereocenters. The monoisotopic (exact) mass is 546 g/mol. The van der Waals surface area contributed by atoms with Crippen LogP contribution in [0.5, 0.6) is 0 Å². The molecule has 1 aromatic carbocycles. The molecule has 0 amide bonds. The van der Waals surface area contributed by atoms with Gasteiger partial charge in [0.1, 0.15) is 11.0 Å². The number of nitrogens with zero attached hydrogens (tertiary/aromatic N) is 4. The molecule has 0 saturated carbocycles. The molecule has 0 N–H and O–H groups in total. The van der Waals surface area contributed by atoms with Crippen molar-refractivity contribution in [2.45, 2.75) is 24.2 Å². The van der Waals surface area contributed by atoms with E-state index < -0.39 is 10.0 Å². The molecular formula is C24H17Cl2FN4O2S2. The van der Waals surface area contributed by atoms with Crippen LogP contribution in [0, 0.1) is 5.82 Å². The van der Waals surface area contributed by atoms with E-state index in [-0.39, 0.29) is 16.4 Å². The first-order valence-corrected chi connectivity index (χ1v) is 13.5. The Morgan fingerprint density at radius 3 is 2.60 bits per heavy atom. The topological polar surface area (TPSA) is 77.7 Å². The number of hydrogen-bond donors (Lipinski definition) is 0. The highest BCUT2D eigenvalue weighted by Crippen LogP contribution is 2.32. The molecule has 0 bridgehead atoms. The van der Waals surface area contributed by atoms with Crippen molar-refractivity contribution in [3.8, 4) is 0 Å². The Morgan fingerprint density at radius 1 is 1.03 bits per heavy atom. The van der Waals surface area contributed by atoms with Crippen molar-refractivity contribution in [2.75, 3.05) is 0 Å². The summed E-state index contributed by atoms with van der Waals surface area (Å²) in [4.78, 5) is 13.6. The van der Waals surface area contributed by atoms with E-state index in [2.05, 4.69) is 15.0 Å². The summed E-state index contributed by atoms with van der Waals surface area (Å²) in [5, 5.41) is 2.16. The second kappa shape index (κ2) is 9.66. The van der Waals surface area contributed by atoms with E-state index in [0.29, 0.717) is 40.4 Å². The molecule has 0 aliphatic heterocycles. The van der Waals surface area contributed by atoms with Crippen molar-refractivity contribution in [3.63, 3.8) is 0 Å². The number of rotatable bonds is 7. The Hall–Kier alpha value is -2.85. The third-order valence-corrected chi connectivity index (χ3v) is 8.81. The van der Waals surface area contributed by atoms with Crippen LogP contribution in [0.1, 0.15) is 21.0 Å². The Bertz CT molecular complexity index is 1640. The number of fused-ring (bicyclic) bond motifs is 1. The average molecular weight is 547 g/mol. The van der Waals surface area contributed by atoms with Gasteiger partial charge in [0.2, 0.25) is 0 Å². The van der Waals surface area contributed by atoms with Gasteiger partial charge in [-0.15, -0.1) is 11.3 Å². The van der Waals surface area contributed by atoms with Gasteiger partial charge >= 0.3 is 0 Å². The molecule has 4 aromatic heterocycles. The van der Waals surface area contributed by atoms with Gasteiger partial charge < -0.3 is 0 Å². The molecular weight excluding hydrogens is 530 g/mol. The molecule has 4 heterocycles. The smallest absolute Gasteiger partial charge is 0.261 e. The summed E-state index contributed by atoms with van der Waals surface area (Å²) >= 11 is 14.1. The second-order valence-electron chi connectivity index (χ2n) is 7.80. The van der Waals surface area contributed by atoms with Crippen molar-refractivity contribution in [1.29, 1.82) is 0 Å². The lowest BCUT2D eigenvalue weighted by Crippen LogP contribution is -2.12. The zero-order valence-corrected chi connectivity index (χ0v) is 21.2. The van der Waals surface area contributed by atoms with E-state index in [1.807, 2.05) is 0 Å². The first-order valence-electron chi connectivity index (χ1n) is 10.5. The molecule has 5 rings (SSSR count). The van der Waals surface area contributed by atoms with Crippen LogP contribution in [-0.2, 0) is 29.3 Å². The Balaban J connectivity index is 1.48. The molecule has 0 radical (unpaired) electrons. The van der Waals surface area contributed by atoms with Crippen molar-refractivity contribution in [1.82, 2.24) is 18.9 Å². The van der Waals surface area contributed by atoms with Crippen molar-refractivity contribution in [3.05, 3.63) is 104 Å². The lowest BCUT2D eigenvalue weighted by Gasteiger charge is -2.06. The molecule has 0 aliphatic carbocycles. The highest BCUT2D eigenvalue weighted by molar-refractivity contribution is 7.90. The van der Waals surface area contributed by atoms with Crippen LogP contribution in [-0.4, -0.2) is 27.3 Å². The summed E-state index contributed by atoms with van der Waals surface area (Å²) < 4.78 is 41.2. The van der Waals surface area contributed by atoms with Gasteiger partial charge in [-0.2, -0.15) is 0 Å². The van der Waals surface area contributed by atoms with Gasteiger partial charge in [0.05, 0.1) is 21.1 Å². The first kappa shape index (κ1) is 23.9. The van der Waals surface area contributed by atoms with E-state index in [9.17, 15) is 12.8 Å². The molecule has 6 nitrogen and oxygen atoms in total. The molecule has 11 heteroatoms. The summed E-state index contributed by atoms with van der Waals surface area (Å²) in [7, 11) is -3.87. The maximum absolute atomic E-state index is 13.4. The third-order valence-electron chi connectivity index (χ3n) is 5.40. The Labute approximate surface area is 215 Å². The van der Waals surface area contributed by atoms with Crippen LogP contribution in [0.2, 0.25) is 10.2 Å². The van der Waals surface area contributed by atoms with Crippen molar-refractivity contribution >= 4 is 55.6 Å². The van der Waals surface area contributed by atoms with E-state index in [1.54, 1.807) is 36.7 Å². The van der Waals surface area contributed by atoms with Crippen molar-refractivity contribution in [2.24, 2.45) is 0 Å². The fourth-order valence-electron chi connectivity index (χ4n) is 3.76. The van der Waals surface area contributed by atoms with Gasteiger partial charge in [-0.05, 0) is 41.8 Å². The zero-order chi connectivity index (χ0) is 24.6. The molecule has 0 aliphatic rings. The molecule has 0 saturated heterocycles. The maximum Gasteiger partial charge on any atom is 0.269 e. The standard InChI is InChI=1S/C24H17Cl2FN4O2S2/c25-17-10-20-16(14-31(24(20)29-12-17)35(32,33)19-4-2-1-3-5-19)9-21-23(26)30-22(34-21)7-6-15-8-18(27)13-28-11-15/h1-5,8,10-14H,6-7,9H2. The lowest BCUT2D eigenvalue weighted by molar-refractivity contribution is 0.588. The summed E-state index contributed by atoms with van der Waals surface area (Å²) in [6, 6.07) is 11.3. The Morgan fingerprint density at radius 2 is 1.83 bits per heavy atom. The average Bonchev–Trinajstić information content (AvgIpc) is 3.38. The normalized spacial score (nSPS) is 11.9. The maximum atomic E-state index is 13.4. The molecule has 0 spiro atoms. The van der Waals surface area contributed by atoms with Gasteiger partial charge in [-0.1, -0.05) is 41.4 Å². The predicted molar refractivity (Wildman–Crippen MR) is 135 cm³/mol. The van der Waals surface area contributed by atoms with E-state index >= 15 is 0 Å². The number of pyridine rings is 2. The largest absolute Gasteiger partial charge is 0.269 e. The molecule has 178 valence electrons. The van der Waals surface area contributed by atoms with Crippen molar-refractivity contribution < 1.29 is 12.8 Å². The number of thiazole rings is 1. The number of aromatic nitrogens is 4. The van der Waals surface area contributed by atoms with E-state index in [1.165, 1.54) is 39.7 Å². The minimum Gasteiger partial charge on any atom is -0.261 e. The van der Waals surface area contributed by atoms with Crippen LogP contribution in [0.3, 0.4) is 0 Å². The number of halogens is 3. The van der Waals surface area contributed by atoms with E-state index in [0.717, 1.165) is 21.6 Å². The molecule has 0 atom stereocenters. The SMILES string of the molecule is O=S(=O)(c1ccccc1)n1cc(Cc2sc(CCc3cncc(F)c3)nc2Cl)c2cc(Cl)cnc21. The highest BCUT2D eigenvalue weighted by atomic mass is 35.5. The summed E-state index contributed by atoms with van der Waals surface area (Å²) in [6.45, 7) is 0. The highest BCUT2D eigenvalue weighted by Gasteiger charge is 2.23. The number of aryl methyl sites for hydroxylation is 2. The number of benzene rings is 1. The molecule has 0 fully saturated rings. The summed E-state index contributed by atoms with van der Waals surface area (Å²) in [5.41, 5.74) is 1.77. The lowest BCUT2D eigenvalue weighted by atomic mass is 10.1. The third kappa shape index (κ3) is 4.95. The minimum atomic E-state index is -3.87. The van der Waals surface area contributed by atoms with Crippen LogP contribution >= 0.6 is 34.5 Å². The van der Waals surface area contributed by atoms with Gasteiger partial charge in [-0.25, -0.2) is 26.7 Å². The van der Waals surface area contributed by atoms with Crippen LogP contribution in [0.4, 0.5) is 4.39 Å². The second-order valence-corrected chi connectivity index (χ2v) is 11.6. The zero-order valence-electron chi connectivity index (χ0n) is 18.0. The predicted octanol–water partition coefficient (Wildman–Crippen LogP) is 5.95. The van der Waals surface area contributed by atoms with Gasteiger partial charge in [0.15, 0.2) is 5.65 Å². The Kier molecular flexibility index (Phi) is 6.59. The molecule has 5 aromatic rings. The minimum absolute atomic E-state index is 0.158. The first-order chi connectivity index (χ1) is 16.8. The van der Waals surface area contributed by atoms with E-state index in [4.69, 9.17) is 23.2 Å². The number of hydrogen-bond acceptors (Lipinski definition) is 6. The fourth-order valence-corrected chi connectivity index (χ4v) is 6.60. The summed E-state index contributed by atoms with van der Waals surface area (Å²) in [5.74, 6) is -0.380. The van der Waals surface area contributed by atoms with Gasteiger partial charge in [0, 0.05) is 41.7 Å². The summed E-state index contributed by atoms with van der Waals surface area (Å²) in [6.07, 6.45) is 7.27. The van der Waals surface area contributed by atoms with Crippen LogP contribution < -0.4 is 0 Å². The molecule has 35 heavy (non-hydrogen) atoms.